The van der Waals surface area contributed by atoms with Crippen LogP contribution in [-0.4, -0.2) is 68.4 Å². The van der Waals surface area contributed by atoms with E-state index in [2.05, 4.69) is 0 Å². The molecule has 0 aromatic carbocycles. The van der Waals surface area contributed by atoms with Gasteiger partial charge in [-0.1, -0.05) is 19.8 Å². The van der Waals surface area contributed by atoms with Gasteiger partial charge in [0.2, 0.25) is 0 Å². The number of hydrogen-bond acceptors (Lipinski definition) is 3. The zero-order chi connectivity index (χ0) is 10.4. The molecule has 0 aliphatic carbocycles. The Morgan fingerprint density at radius 1 is 1.20 bits per heavy atom. The predicted molar refractivity (Wildman–Crippen MR) is 53.7 cm³/mol. The number of carbonyl (C=O) groups is 2. The minimum Gasteiger partial charge on any atom is -0.481 e. The van der Waals surface area contributed by atoms with Gasteiger partial charge in [-0.15, -0.1) is 0 Å². The third-order valence-corrected chi connectivity index (χ3v) is 1.82. The van der Waals surface area contributed by atoms with Crippen molar-refractivity contribution in [3.63, 3.8) is 0 Å². The molecule has 0 fully saturated rings. The molecule has 1 radical (unpaired) electrons. The zero-order valence-corrected chi connectivity index (χ0v) is 10.9. The number of carboxylic acid groups (broad SMARTS) is 2. The smallest absolute Gasteiger partial charge is 0.333 e. The van der Waals surface area contributed by atoms with Gasteiger partial charge in [-0.05, 0) is 6.42 Å². The van der Waals surface area contributed by atoms with E-state index in [1.165, 1.54) is 0 Å². The molecule has 0 saturated heterocycles. The van der Waals surface area contributed by atoms with Crippen LogP contribution in [0.25, 0.3) is 0 Å². The zero-order valence-electron chi connectivity index (χ0n) is 8.93. The summed E-state index contributed by atoms with van der Waals surface area (Å²) in [6, 6.07) is 0. The summed E-state index contributed by atoms with van der Waals surface area (Å²) in [5.41, 5.74) is 0. The molecule has 7 heteroatoms. The quantitative estimate of drug-likeness (QED) is 0.511. The van der Waals surface area contributed by atoms with Crippen molar-refractivity contribution in [1.29, 1.82) is 0 Å². The van der Waals surface area contributed by atoms with E-state index in [9.17, 15) is 9.59 Å². The predicted octanol–water partition coefficient (Wildman–Crippen LogP) is -0.883. The van der Waals surface area contributed by atoms with Gasteiger partial charge in [0.25, 0.3) is 0 Å². The van der Waals surface area contributed by atoms with E-state index in [-0.39, 0.29) is 41.5 Å². The first-order valence-electron chi connectivity index (χ1n) is 4.14. The fourth-order valence-corrected chi connectivity index (χ4v) is 1.01. The summed E-state index contributed by atoms with van der Waals surface area (Å²) >= 11 is 0. The molecule has 0 saturated carbocycles. The van der Waals surface area contributed by atoms with Crippen LogP contribution >= 0.6 is 0 Å². The Morgan fingerprint density at radius 2 is 1.67 bits per heavy atom. The fraction of sp³-hybridized carbons (Fsp3) is 0.750. The van der Waals surface area contributed by atoms with Crippen LogP contribution in [0, 0.1) is 5.92 Å². The van der Waals surface area contributed by atoms with Crippen molar-refractivity contribution in [2.24, 2.45) is 5.92 Å². The van der Waals surface area contributed by atoms with Crippen LogP contribution in [0.2, 0.25) is 0 Å². The summed E-state index contributed by atoms with van der Waals surface area (Å²) in [5, 5.41) is 26.0. The Morgan fingerprint density at radius 3 is 1.93 bits per heavy atom. The summed E-state index contributed by atoms with van der Waals surface area (Å²) in [6.45, 7) is 1.87. The minimum absolute atomic E-state index is 0. The van der Waals surface area contributed by atoms with E-state index in [4.69, 9.17) is 15.3 Å². The summed E-state index contributed by atoms with van der Waals surface area (Å²) in [6.07, 6.45) is -0.236. The van der Waals surface area contributed by atoms with Crippen LogP contribution in [0.4, 0.5) is 0 Å². The first kappa shape index (κ1) is 20.3. The van der Waals surface area contributed by atoms with Gasteiger partial charge in [-0.25, -0.2) is 4.79 Å². The molecule has 2 atom stereocenters. The number of aliphatic carboxylic acids is 2. The van der Waals surface area contributed by atoms with E-state index in [1.807, 2.05) is 6.92 Å². The molecule has 0 amide bonds. The van der Waals surface area contributed by atoms with Gasteiger partial charge < -0.3 is 20.8 Å². The van der Waals surface area contributed by atoms with Gasteiger partial charge in [0.1, 0.15) is 0 Å². The number of carboxylic acids is 2. The Kier molecular flexibility index (Phi) is 14.0. The molecule has 0 aliphatic heterocycles. The molecule has 85 valence electrons. The second kappa shape index (κ2) is 10.4. The molecular formula is C8H16NaO6. The van der Waals surface area contributed by atoms with Crippen LogP contribution in [0.3, 0.4) is 0 Å². The maximum atomic E-state index is 10.5. The Hall–Kier alpha value is -0.140. The standard InChI is InChI=1S/C8H14O5.Na.H2O/c1-2-3-4-5(7(10)11)6(9)8(12)13;;/h5-6,9H,2-4H2,1H3,(H,10,11)(H,12,13);;1H2. The molecular weight excluding hydrogens is 215 g/mol. The first-order chi connectivity index (χ1) is 6.00. The fourth-order valence-electron chi connectivity index (χ4n) is 1.01. The normalized spacial score (nSPS) is 12.9. The SMILES string of the molecule is CCCCC(C(=O)O)C(O)C(=O)O.O.[Na]. The van der Waals surface area contributed by atoms with E-state index in [0.29, 0.717) is 6.42 Å². The number of hydrogen-bond donors (Lipinski definition) is 3. The first-order valence-corrected chi connectivity index (χ1v) is 4.14. The van der Waals surface area contributed by atoms with E-state index in [0.717, 1.165) is 6.42 Å². The van der Waals surface area contributed by atoms with Crippen molar-refractivity contribution in [2.75, 3.05) is 0 Å². The third-order valence-electron chi connectivity index (χ3n) is 1.82. The molecule has 0 heterocycles. The van der Waals surface area contributed by atoms with Crippen molar-refractivity contribution >= 4 is 41.5 Å². The second-order valence-corrected chi connectivity index (χ2v) is 2.87. The van der Waals surface area contributed by atoms with Gasteiger partial charge in [0.15, 0.2) is 6.10 Å². The number of unbranched alkanes of at least 4 members (excludes halogenated alkanes) is 1. The van der Waals surface area contributed by atoms with E-state index in [1.54, 1.807) is 0 Å². The van der Waals surface area contributed by atoms with Crippen LogP contribution < -0.4 is 0 Å². The van der Waals surface area contributed by atoms with Crippen molar-refractivity contribution < 1.29 is 30.4 Å². The maximum Gasteiger partial charge on any atom is 0.333 e. The monoisotopic (exact) mass is 231 g/mol. The van der Waals surface area contributed by atoms with Crippen LogP contribution in [0.5, 0.6) is 0 Å². The number of aliphatic hydroxyl groups excluding tert-OH is 1. The average Bonchev–Trinajstić information content (AvgIpc) is 2.04. The average molecular weight is 231 g/mol. The Balaban J connectivity index is -0.000000720. The van der Waals surface area contributed by atoms with Gasteiger partial charge in [0.05, 0.1) is 5.92 Å². The van der Waals surface area contributed by atoms with Crippen molar-refractivity contribution in [1.82, 2.24) is 0 Å². The molecule has 0 bridgehead atoms. The summed E-state index contributed by atoms with van der Waals surface area (Å²) < 4.78 is 0. The molecule has 0 aromatic rings. The van der Waals surface area contributed by atoms with Crippen LogP contribution in [0.1, 0.15) is 26.2 Å². The molecule has 15 heavy (non-hydrogen) atoms. The van der Waals surface area contributed by atoms with E-state index < -0.39 is 24.0 Å². The summed E-state index contributed by atoms with van der Waals surface area (Å²) in [4.78, 5) is 20.8. The molecule has 0 spiro atoms. The van der Waals surface area contributed by atoms with Gasteiger partial charge in [-0.3, -0.25) is 4.79 Å². The van der Waals surface area contributed by atoms with E-state index >= 15 is 0 Å². The van der Waals surface area contributed by atoms with Crippen molar-refractivity contribution in [3.05, 3.63) is 0 Å². The Labute approximate surface area is 110 Å². The number of aliphatic hydroxyl groups is 1. The van der Waals surface area contributed by atoms with Gasteiger partial charge in [-0.2, -0.15) is 0 Å². The third kappa shape index (κ3) is 7.75. The van der Waals surface area contributed by atoms with Crippen molar-refractivity contribution in [3.8, 4) is 0 Å². The second-order valence-electron chi connectivity index (χ2n) is 2.87. The van der Waals surface area contributed by atoms with Crippen LogP contribution in [-0.2, 0) is 9.59 Å². The summed E-state index contributed by atoms with van der Waals surface area (Å²) in [5.74, 6) is -3.94. The van der Waals surface area contributed by atoms with Crippen molar-refractivity contribution in [2.45, 2.75) is 32.3 Å². The van der Waals surface area contributed by atoms with Crippen LogP contribution in [0.15, 0.2) is 0 Å². The molecule has 0 rings (SSSR count). The Bertz CT molecular complexity index is 196. The molecule has 0 aliphatic rings. The molecule has 2 unspecified atom stereocenters. The topological polar surface area (TPSA) is 126 Å². The maximum absolute atomic E-state index is 10.5. The molecule has 5 N–H and O–H groups in total. The number of rotatable bonds is 6. The molecule has 0 aromatic heterocycles. The largest absolute Gasteiger partial charge is 0.481 e. The summed E-state index contributed by atoms with van der Waals surface area (Å²) in [7, 11) is 0. The van der Waals surface area contributed by atoms with Gasteiger partial charge >= 0.3 is 11.9 Å². The van der Waals surface area contributed by atoms with Gasteiger partial charge in [0, 0.05) is 29.6 Å². The molecule has 6 nitrogen and oxygen atoms in total. The minimum atomic E-state index is -1.80.